The summed E-state index contributed by atoms with van der Waals surface area (Å²) in [4.78, 5) is 23.0. The lowest BCUT2D eigenvalue weighted by atomic mass is 10.2. The number of hydrogen-bond acceptors (Lipinski definition) is 5. The van der Waals surface area contributed by atoms with Crippen LogP contribution in [0.2, 0.25) is 0 Å². The van der Waals surface area contributed by atoms with Gasteiger partial charge in [0.15, 0.2) is 0 Å². The number of nitrogens with zero attached hydrogens (tertiary/aromatic N) is 4. The second-order valence-corrected chi connectivity index (χ2v) is 5.57. The summed E-state index contributed by atoms with van der Waals surface area (Å²) in [5.41, 5.74) is -0.239. The van der Waals surface area contributed by atoms with Crippen LogP contribution in [-0.4, -0.2) is 47.5 Å². The minimum atomic E-state index is -4.36. The van der Waals surface area contributed by atoms with Crippen LogP contribution in [-0.2, 0) is 11.0 Å². The highest BCUT2D eigenvalue weighted by Gasteiger charge is 2.29. The molecule has 0 unspecified atom stereocenters. The molecule has 25 heavy (non-hydrogen) atoms. The molecular formula is C16H16F3N5O. The van der Waals surface area contributed by atoms with Gasteiger partial charge in [-0.15, -0.1) is 0 Å². The highest BCUT2D eigenvalue weighted by molar-refractivity contribution is 5.56. The Labute approximate surface area is 142 Å². The van der Waals surface area contributed by atoms with Gasteiger partial charge in [0, 0.05) is 38.1 Å². The van der Waals surface area contributed by atoms with Crippen LogP contribution in [0.4, 0.5) is 30.6 Å². The first kappa shape index (κ1) is 17.0. The van der Waals surface area contributed by atoms with Gasteiger partial charge in [-0.3, -0.25) is 4.79 Å². The first-order valence-corrected chi connectivity index (χ1v) is 7.67. The zero-order valence-electron chi connectivity index (χ0n) is 13.2. The van der Waals surface area contributed by atoms with Crippen molar-refractivity contribution in [1.29, 1.82) is 0 Å². The van der Waals surface area contributed by atoms with Crippen LogP contribution in [0, 0.1) is 0 Å². The van der Waals surface area contributed by atoms with E-state index in [1.807, 2.05) is 4.90 Å². The lowest BCUT2D eigenvalue weighted by Crippen LogP contribution is -2.46. The Morgan fingerprint density at radius 2 is 1.72 bits per heavy atom. The molecule has 0 saturated carbocycles. The third-order valence-corrected chi connectivity index (χ3v) is 3.90. The van der Waals surface area contributed by atoms with Gasteiger partial charge in [0.1, 0.15) is 5.82 Å². The fourth-order valence-electron chi connectivity index (χ4n) is 2.51. The molecular weight excluding hydrogens is 335 g/mol. The number of amides is 1. The van der Waals surface area contributed by atoms with Crippen molar-refractivity contribution in [3.05, 3.63) is 42.1 Å². The summed E-state index contributed by atoms with van der Waals surface area (Å²) in [6, 6.07) is 6.44. The first-order valence-electron chi connectivity index (χ1n) is 7.67. The molecule has 1 amide bonds. The normalized spacial score (nSPS) is 15.2. The van der Waals surface area contributed by atoms with Gasteiger partial charge in [0.25, 0.3) is 0 Å². The molecule has 3 rings (SSSR count). The molecule has 6 nitrogen and oxygen atoms in total. The molecule has 2 aromatic rings. The smallest absolute Gasteiger partial charge is 0.353 e. The highest BCUT2D eigenvalue weighted by Crippen LogP contribution is 2.30. The molecule has 1 aliphatic heterocycles. The molecule has 2 heterocycles. The van der Waals surface area contributed by atoms with Gasteiger partial charge in [-0.1, -0.05) is 0 Å². The third-order valence-electron chi connectivity index (χ3n) is 3.90. The Kier molecular flexibility index (Phi) is 4.73. The van der Waals surface area contributed by atoms with E-state index in [2.05, 4.69) is 15.3 Å². The number of carbonyl (C=O) groups is 1. The second-order valence-electron chi connectivity index (χ2n) is 5.57. The summed E-state index contributed by atoms with van der Waals surface area (Å²) in [6.07, 6.45) is -1.95. The van der Waals surface area contributed by atoms with Crippen molar-refractivity contribution < 1.29 is 18.0 Å². The zero-order valence-corrected chi connectivity index (χ0v) is 13.2. The van der Waals surface area contributed by atoms with Crippen LogP contribution in [0.5, 0.6) is 0 Å². The largest absolute Gasteiger partial charge is 0.416 e. The lowest BCUT2D eigenvalue weighted by molar-refractivity contribution is -0.137. The number of alkyl halides is 3. The lowest BCUT2D eigenvalue weighted by Gasteiger charge is -2.33. The minimum Gasteiger partial charge on any atom is -0.353 e. The number of halogens is 3. The van der Waals surface area contributed by atoms with Crippen LogP contribution in [0.15, 0.2) is 36.5 Å². The maximum atomic E-state index is 12.6. The van der Waals surface area contributed by atoms with Crippen LogP contribution in [0.25, 0.3) is 0 Å². The second kappa shape index (κ2) is 6.96. The molecule has 0 radical (unpaired) electrons. The number of aromatic nitrogens is 2. The SMILES string of the molecule is O=CN1CCN(c2ccnc(Nc3ccc(C(F)(F)F)cc3)n2)CC1. The molecule has 1 aromatic carbocycles. The highest BCUT2D eigenvalue weighted by atomic mass is 19.4. The summed E-state index contributed by atoms with van der Waals surface area (Å²) in [6.45, 7) is 2.56. The van der Waals surface area contributed by atoms with Gasteiger partial charge < -0.3 is 15.1 Å². The van der Waals surface area contributed by atoms with Crippen molar-refractivity contribution in [2.75, 3.05) is 36.4 Å². The van der Waals surface area contributed by atoms with Gasteiger partial charge in [0.2, 0.25) is 12.4 Å². The summed E-state index contributed by atoms with van der Waals surface area (Å²) in [5, 5.41) is 2.90. The minimum absolute atomic E-state index is 0.301. The standard InChI is InChI=1S/C16H16F3N5O/c17-16(18,19)12-1-3-13(4-2-12)21-15-20-6-5-14(22-15)24-9-7-23(11-25)8-10-24/h1-6,11H,7-10H2,(H,20,21,22). The zero-order chi connectivity index (χ0) is 17.9. The number of nitrogens with one attached hydrogen (secondary N) is 1. The number of benzene rings is 1. The van der Waals surface area contributed by atoms with Gasteiger partial charge in [-0.05, 0) is 30.3 Å². The van der Waals surface area contributed by atoms with Crippen molar-refractivity contribution in [2.24, 2.45) is 0 Å². The van der Waals surface area contributed by atoms with Crippen LogP contribution < -0.4 is 10.2 Å². The molecule has 1 aliphatic rings. The predicted molar refractivity (Wildman–Crippen MR) is 86.6 cm³/mol. The molecule has 1 N–H and O–H groups in total. The number of piperazine rings is 1. The molecule has 1 fully saturated rings. The van der Waals surface area contributed by atoms with E-state index in [1.165, 1.54) is 12.1 Å². The third kappa shape index (κ3) is 4.17. The van der Waals surface area contributed by atoms with Crippen molar-refractivity contribution in [3.8, 4) is 0 Å². The van der Waals surface area contributed by atoms with Crippen LogP contribution >= 0.6 is 0 Å². The summed E-state index contributed by atoms with van der Waals surface area (Å²) < 4.78 is 37.7. The van der Waals surface area contributed by atoms with Gasteiger partial charge >= 0.3 is 6.18 Å². The van der Waals surface area contributed by atoms with Crippen molar-refractivity contribution in [2.45, 2.75) is 6.18 Å². The molecule has 1 saturated heterocycles. The Morgan fingerprint density at radius 3 is 2.32 bits per heavy atom. The Balaban J connectivity index is 1.69. The Morgan fingerprint density at radius 1 is 1.04 bits per heavy atom. The molecule has 132 valence electrons. The van der Waals surface area contributed by atoms with Gasteiger partial charge in [-0.2, -0.15) is 18.2 Å². The Bertz CT molecular complexity index is 727. The molecule has 0 aliphatic carbocycles. The monoisotopic (exact) mass is 351 g/mol. The van der Waals surface area contributed by atoms with Crippen molar-refractivity contribution in [3.63, 3.8) is 0 Å². The Hall–Kier alpha value is -2.84. The number of anilines is 3. The number of rotatable bonds is 4. The van der Waals surface area contributed by atoms with E-state index in [0.717, 1.165) is 18.5 Å². The molecule has 0 bridgehead atoms. The van der Waals surface area contributed by atoms with E-state index in [1.54, 1.807) is 17.2 Å². The maximum absolute atomic E-state index is 12.6. The topological polar surface area (TPSA) is 61.4 Å². The van der Waals surface area contributed by atoms with Crippen molar-refractivity contribution >= 4 is 23.9 Å². The van der Waals surface area contributed by atoms with Gasteiger partial charge in [0.05, 0.1) is 5.56 Å². The fourth-order valence-corrected chi connectivity index (χ4v) is 2.51. The number of hydrogen-bond donors (Lipinski definition) is 1. The van der Waals surface area contributed by atoms with E-state index >= 15 is 0 Å². The van der Waals surface area contributed by atoms with E-state index in [-0.39, 0.29) is 0 Å². The van der Waals surface area contributed by atoms with E-state index in [9.17, 15) is 18.0 Å². The molecule has 0 spiro atoms. The quantitative estimate of drug-likeness (QED) is 0.858. The molecule has 1 aromatic heterocycles. The van der Waals surface area contributed by atoms with Gasteiger partial charge in [-0.25, -0.2) is 4.98 Å². The van der Waals surface area contributed by atoms with Crippen LogP contribution in [0.1, 0.15) is 5.56 Å². The average molecular weight is 351 g/mol. The van der Waals surface area contributed by atoms with Crippen molar-refractivity contribution in [1.82, 2.24) is 14.9 Å². The van der Waals surface area contributed by atoms with E-state index in [0.29, 0.717) is 43.6 Å². The average Bonchev–Trinajstić information content (AvgIpc) is 2.62. The summed E-state index contributed by atoms with van der Waals surface area (Å²) in [7, 11) is 0. The summed E-state index contributed by atoms with van der Waals surface area (Å²) in [5.74, 6) is 1.00. The van der Waals surface area contributed by atoms with E-state index < -0.39 is 11.7 Å². The predicted octanol–water partition coefficient (Wildman–Crippen LogP) is 2.52. The number of carbonyl (C=O) groups excluding carboxylic acids is 1. The summed E-state index contributed by atoms with van der Waals surface area (Å²) >= 11 is 0. The van der Waals surface area contributed by atoms with E-state index in [4.69, 9.17) is 0 Å². The van der Waals surface area contributed by atoms with Crippen LogP contribution in [0.3, 0.4) is 0 Å². The maximum Gasteiger partial charge on any atom is 0.416 e. The molecule has 9 heteroatoms. The fraction of sp³-hybridized carbons (Fsp3) is 0.312. The molecule has 0 atom stereocenters. The first-order chi connectivity index (χ1) is 12.0.